The van der Waals surface area contributed by atoms with Crippen molar-refractivity contribution in [3.05, 3.63) is 36.5 Å². The van der Waals surface area contributed by atoms with Gasteiger partial charge in [0, 0.05) is 58.4 Å². The Hall–Kier alpha value is -1.88. The molecule has 2 aliphatic heterocycles. The lowest BCUT2D eigenvalue weighted by atomic mass is 9.95. The number of anilines is 1. The number of piperidine rings is 1. The Bertz CT molecular complexity index is 639. The molecule has 0 N–H and O–H groups in total. The van der Waals surface area contributed by atoms with E-state index in [0.717, 1.165) is 70.9 Å². The van der Waals surface area contributed by atoms with Crippen molar-refractivity contribution in [2.45, 2.75) is 32.1 Å². The molecule has 1 amide bonds. The van der Waals surface area contributed by atoms with Crippen molar-refractivity contribution in [1.29, 1.82) is 0 Å². The number of allylic oxidation sites excluding steroid dienone is 2. The van der Waals surface area contributed by atoms with Crippen LogP contribution in [0.25, 0.3) is 0 Å². The summed E-state index contributed by atoms with van der Waals surface area (Å²) in [5.74, 6) is 2.57. The van der Waals surface area contributed by atoms with Gasteiger partial charge in [-0.25, -0.2) is 4.98 Å². The van der Waals surface area contributed by atoms with Gasteiger partial charge in [-0.2, -0.15) is 0 Å². The molecule has 1 aliphatic carbocycles. The average molecular weight is 369 g/mol. The van der Waals surface area contributed by atoms with Gasteiger partial charge in [-0.3, -0.25) is 9.69 Å². The highest BCUT2D eigenvalue weighted by molar-refractivity contribution is 5.76. The number of carbonyl (C=O) groups excluding carboxylic acids is 1. The number of carbonyl (C=O) groups is 1. The summed E-state index contributed by atoms with van der Waals surface area (Å²) >= 11 is 0. The van der Waals surface area contributed by atoms with Crippen LogP contribution in [-0.4, -0.2) is 66.5 Å². The maximum atomic E-state index is 12.7. The van der Waals surface area contributed by atoms with E-state index in [4.69, 9.17) is 0 Å². The van der Waals surface area contributed by atoms with Gasteiger partial charge in [0.15, 0.2) is 0 Å². The molecule has 0 saturated carbocycles. The van der Waals surface area contributed by atoms with Gasteiger partial charge in [-0.05, 0) is 49.7 Å². The van der Waals surface area contributed by atoms with Crippen molar-refractivity contribution in [3.8, 4) is 0 Å². The maximum Gasteiger partial charge on any atom is 0.223 e. The van der Waals surface area contributed by atoms with E-state index in [1.165, 1.54) is 6.42 Å². The number of pyridine rings is 1. The molecule has 5 nitrogen and oxygen atoms in total. The molecule has 3 aliphatic rings. The molecule has 5 heteroatoms. The highest BCUT2D eigenvalue weighted by atomic mass is 16.2. The Balaban J connectivity index is 1.22. The maximum absolute atomic E-state index is 12.7. The topological polar surface area (TPSA) is 39.7 Å². The first-order chi connectivity index (χ1) is 13.3. The first-order valence-corrected chi connectivity index (χ1v) is 10.6. The second-order valence-electron chi connectivity index (χ2n) is 8.29. The minimum Gasteiger partial charge on any atom is -0.354 e. The third kappa shape index (κ3) is 4.89. The second kappa shape index (κ2) is 8.87. The van der Waals surface area contributed by atoms with Gasteiger partial charge >= 0.3 is 0 Å². The molecule has 0 unspecified atom stereocenters. The third-order valence-corrected chi connectivity index (χ3v) is 6.28. The summed E-state index contributed by atoms with van der Waals surface area (Å²) < 4.78 is 0. The minimum atomic E-state index is 0.372. The number of hydrogen-bond donors (Lipinski definition) is 0. The number of rotatable bonds is 5. The van der Waals surface area contributed by atoms with Crippen LogP contribution in [0.5, 0.6) is 0 Å². The zero-order valence-electron chi connectivity index (χ0n) is 16.3. The summed E-state index contributed by atoms with van der Waals surface area (Å²) in [6.07, 6.45) is 11.8. The predicted octanol–water partition coefficient (Wildman–Crippen LogP) is 2.80. The van der Waals surface area contributed by atoms with Crippen molar-refractivity contribution in [3.63, 3.8) is 0 Å². The molecular weight excluding hydrogens is 336 g/mol. The molecule has 1 aromatic rings. The van der Waals surface area contributed by atoms with Gasteiger partial charge in [-0.1, -0.05) is 18.2 Å². The molecule has 2 fully saturated rings. The predicted molar refractivity (Wildman–Crippen MR) is 109 cm³/mol. The van der Waals surface area contributed by atoms with E-state index in [2.05, 4.69) is 44.0 Å². The van der Waals surface area contributed by atoms with Gasteiger partial charge in [-0.15, -0.1) is 0 Å². The molecule has 27 heavy (non-hydrogen) atoms. The van der Waals surface area contributed by atoms with E-state index in [0.29, 0.717) is 24.2 Å². The molecule has 3 heterocycles. The molecule has 0 spiro atoms. The molecule has 2 atom stereocenters. The van der Waals surface area contributed by atoms with Gasteiger partial charge in [0.05, 0.1) is 0 Å². The summed E-state index contributed by atoms with van der Waals surface area (Å²) in [6, 6.07) is 6.13. The highest BCUT2D eigenvalue weighted by Gasteiger charge is 2.28. The van der Waals surface area contributed by atoms with Crippen molar-refractivity contribution in [1.82, 2.24) is 14.8 Å². The Morgan fingerprint density at radius 2 is 2.00 bits per heavy atom. The number of aromatic nitrogens is 1. The van der Waals surface area contributed by atoms with Crippen LogP contribution in [0.4, 0.5) is 5.82 Å². The number of nitrogens with zero attached hydrogens (tertiary/aromatic N) is 4. The summed E-state index contributed by atoms with van der Waals surface area (Å²) in [5, 5.41) is 0. The quantitative estimate of drug-likeness (QED) is 0.750. The Morgan fingerprint density at radius 1 is 1.11 bits per heavy atom. The van der Waals surface area contributed by atoms with Crippen LogP contribution in [-0.2, 0) is 4.79 Å². The normalized spacial score (nSPS) is 26.5. The first kappa shape index (κ1) is 18.5. The second-order valence-corrected chi connectivity index (χ2v) is 8.29. The molecule has 1 aromatic heterocycles. The van der Waals surface area contributed by atoms with Crippen molar-refractivity contribution in [2.24, 2.45) is 11.8 Å². The fraction of sp³-hybridized carbons (Fsp3) is 0.636. The number of likely N-dealkylation sites (tertiary alicyclic amines) is 1. The van der Waals surface area contributed by atoms with Crippen LogP contribution in [0.15, 0.2) is 36.5 Å². The lowest BCUT2D eigenvalue weighted by Gasteiger charge is -2.39. The monoisotopic (exact) mass is 368 g/mol. The van der Waals surface area contributed by atoms with Gasteiger partial charge in [0.25, 0.3) is 0 Å². The van der Waals surface area contributed by atoms with E-state index in [1.807, 2.05) is 12.3 Å². The standard InChI is InChI=1S/C22H32N4O/c27-22(16-19-6-1-2-7-19)26-11-5-8-20(18-26)17-24-12-14-25(15-13-24)21-9-3-4-10-23-21/h1,3-4,6,9-10,19-20H,2,5,7-8,11-18H2/t19-,20+/m0/s1. The van der Waals surface area contributed by atoms with Crippen molar-refractivity contribution in [2.75, 3.05) is 50.7 Å². The fourth-order valence-electron chi connectivity index (χ4n) is 4.72. The summed E-state index contributed by atoms with van der Waals surface area (Å²) in [4.78, 5) is 24.2. The van der Waals surface area contributed by atoms with E-state index >= 15 is 0 Å². The smallest absolute Gasteiger partial charge is 0.223 e. The van der Waals surface area contributed by atoms with E-state index < -0.39 is 0 Å². The van der Waals surface area contributed by atoms with E-state index in [9.17, 15) is 4.79 Å². The SMILES string of the molecule is O=C(C[C@H]1C=CCC1)N1CCC[C@H](CN2CCN(c3ccccn3)CC2)C1. The molecule has 0 aromatic carbocycles. The van der Waals surface area contributed by atoms with Crippen LogP contribution in [0.1, 0.15) is 32.1 Å². The summed E-state index contributed by atoms with van der Waals surface area (Å²) in [6.45, 7) is 7.31. The first-order valence-electron chi connectivity index (χ1n) is 10.6. The van der Waals surface area contributed by atoms with Crippen LogP contribution in [0.2, 0.25) is 0 Å². The molecule has 146 valence electrons. The zero-order chi connectivity index (χ0) is 18.5. The Kier molecular flexibility index (Phi) is 6.07. The van der Waals surface area contributed by atoms with Crippen LogP contribution in [0.3, 0.4) is 0 Å². The zero-order valence-corrected chi connectivity index (χ0v) is 16.3. The van der Waals surface area contributed by atoms with Crippen LogP contribution >= 0.6 is 0 Å². The number of piperazine rings is 1. The van der Waals surface area contributed by atoms with Crippen LogP contribution in [0, 0.1) is 11.8 Å². The van der Waals surface area contributed by atoms with E-state index in [-0.39, 0.29) is 0 Å². The lowest BCUT2D eigenvalue weighted by Crippen LogP contribution is -2.50. The van der Waals surface area contributed by atoms with Gasteiger partial charge in [0.2, 0.25) is 5.91 Å². The molecule has 4 rings (SSSR count). The fourth-order valence-corrected chi connectivity index (χ4v) is 4.72. The average Bonchev–Trinajstić information content (AvgIpc) is 3.22. The van der Waals surface area contributed by atoms with E-state index in [1.54, 1.807) is 0 Å². The van der Waals surface area contributed by atoms with Crippen LogP contribution < -0.4 is 4.90 Å². The van der Waals surface area contributed by atoms with Gasteiger partial charge in [0.1, 0.15) is 5.82 Å². The minimum absolute atomic E-state index is 0.372. The third-order valence-electron chi connectivity index (χ3n) is 6.28. The van der Waals surface area contributed by atoms with Crippen molar-refractivity contribution >= 4 is 11.7 Å². The number of amides is 1. The summed E-state index contributed by atoms with van der Waals surface area (Å²) in [7, 11) is 0. The molecule has 2 saturated heterocycles. The Morgan fingerprint density at radius 3 is 2.74 bits per heavy atom. The largest absolute Gasteiger partial charge is 0.354 e. The summed E-state index contributed by atoms with van der Waals surface area (Å²) in [5.41, 5.74) is 0. The number of hydrogen-bond acceptors (Lipinski definition) is 4. The lowest BCUT2D eigenvalue weighted by molar-refractivity contribution is -0.133. The molecule has 0 bridgehead atoms. The molecule has 0 radical (unpaired) electrons. The van der Waals surface area contributed by atoms with Crippen molar-refractivity contribution < 1.29 is 4.79 Å². The van der Waals surface area contributed by atoms with Gasteiger partial charge < -0.3 is 9.80 Å². The molecular formula is C22H32N4O. The highest BCUT2D eigenvalue weighted by Crippen LogP contribution is 2.24. The Labute approximate surface area is 163 Å².